The zero-order valence-electron chi connectivity index (χ0n) is 9.40. The SMILES string of the molecule is CCOC(=O)CCOc1cc(Cl)ccc1C#N. The number of ether oxygens (including phenoxy) is 2. The average molecular weight is 254 g/mol. The third kappa shape index (κ3) is 4.33. The summed E-state index contributed by atoms with van der Waals surface area (Å²) in [6, 6.07) is 6.71. The third-order valence-electron chi connectivity index (χ3n) is 1.93. The predicted molar refractivity (Wildman–Crippen MR) is 62.9 cm³/mol. The van der Waals surface area contributed by atoms with Crippen LogP contribution in [-0.2, 0) is 9.53 Å². The Labute approximate surface area is 105 Å². The normalized spacial score (nSPS) is 9.47. The average Bonchev–Trinajstić information content (AvgIpc) is 2.30. The standard InChI is InChI=1S/C12H12ClNO3/c1-2-16-12(15)5-6-17-11-7-10(13)4-3-9(11)8-14/h3-4,7H,2,5-6H2,1H3. The number of rotatable bonds is 5. The number of esters is 1. The minimum absolute atomic E-state index is 0.144. The van der Waals surface area contributed by atoms with E-state index in [0.29, 0.717) is 22.9 Å². The van der Waals surface area contributed by atoms with Gasteiger partial charge in [-0.25, -0.2) is 0 Å². The van der Waals surface area contributed by atoms with Gasteiger partial charge in [0.2, 0.25) is 0 Å². The lowest BCUT2D eigenvalue weighted by Gasteiger charge is -2.07. The van der Waals surface area contributed by atoms with Crippen molar-refractivity contribution in [2.75, 3.05) is 13.2 Å². The van der Waals surface area contributed by atoms with Crippen molar-refractivity contribution in [3.63, 3.8) is 0 Å². The second kappa shape index (κ2) is 6.77. The van der Waals surface area contributed by atoms with Gasteiger partial charge < -0.3 is 9.47 Å². The fourth-order valence-electron chi connectivity index (χ4n) is 1.19. The summed E-state index contributed by atoms with van der Waals surface area (Å²) in [6.07, 6.45) is 0.144. The lowest BCUT2D eigenvalue weighted by Crippen LogP contribution is -2.10. The molecule has 17 heavy (non-hydrogen) atoms. The maximum Gasteiger partial charge on any atom is 0.309 e. The van der Waals surface area contributed by atoms with Gasteiger partial charge in [-0.05, 0) is 19.1 Å². The molecular formula is C12H12ClNO3. The topological polar surface area (TPSA) is 59.3 Å². The number of nitrogens with zero attached hydrogens (tertiary/aromatic N) is 1. The van der Waals surface area contributed by atoms with E-state index in [1.807, 2.05) is 6.07 Å². The second-order valence-corrected chi connectivity index (χ2v) is 3.59. The number of carbonyl (C=O) groups is 1. The van der Waals surface area contributed by atoms with Gasteiger partial charge >= 0.3 is 5.97 Å². The van der Waals surface area contributed by atoms with Crippen LogP contribution < -0.4 is 4.74 Å². The predicted octanol–water partition coefficient (Wildman–Crippen LogP) is 2.54. The lowest BCUT2D eigenvalue weighted by molar-refractivity contribution is -0.143. The monoisotopic (exact) mass is 253 g/mol. The molecule has 1 aromatic carbocycles. The molecule has 5 heteroatoms. The van der Waals surface area contributed by atoms with Gasteiger partial charge in [-0.2, -0.15) is 5.26 Å². The van der Waals surface area contributed by atoms with Gasteiger partial charge in [0, 0.05) is 11.1 Å². The number of hydrogen-bond acceptors (Lipinski definition) is 4. The van der Waals surface area contributed by atoms with Crippen molar-refractivity contribution in [1.82, 2.24) is 0 Å². The molecule has 0 unspecified atom stereocenters. The molecule has 0 atom stereocenters. The van der Waals surface area contributed by atoms with Crippen molar-refractivity contribution in [1.29, 1.82) is 5.26 Å². The highest BCUT2D eigenvalue weighted by Crippen LogP contribution is 2.22. The summed E-state index contributed by atoms with van der Waals surface area (Å²) in [5.74, 6) is 0.0531. The van der Waals surface area contributed by atoms with Crippen molar-refractivity contribution in [2.45, 2.75) is 13.3 Å². The molecule has 0 saturated carbocycles. The molecule has 0 aromatic heterocycles. The van der Waals surface area contributed by atoms with Crippen molar-refractivity contribution >= 4 is 17.6 Å². The third-order valence-corrected chi connectivity index (χ3v) is 2.17. The number of carbonyl (C=O) groups excluding carboxylic acids is 1. The van der Waals surface area contributed by atoms with Crippen molar-refractivity contribution in [3.05, 3.63) is 28.8 Å². The summed E-state index contributed by atoms with van der Waals surface area (Å²) in [7, 11) is 0. The highest BCUT2D eigenvalue weighted by atomic mass is 35.5. The summed E-state index contributed by atoms with van der Waals surface area (Å²) in [5, 5.41) is 9.32. The lowest BCUT2D eigenvalue weighted by atomic mass is 10.2. The quantitative estimate of drug-likeness (QED) is 0.757. The van der Waals surface area contributed by atoms with Crippen LogP contribution in [0.1, 0.15) is 18.9 Å². The number of halogens is 1. The van der Waals surface area contributed by atoms with Crippen LogP contribution >= 0.6 is 11.6 Å². The number of hydrogen-bond donors (Lipinski definition) is 0. The Bertz CT molecular complexity index is 440. The van der Waals surface area contributed by atoms with Gasteiger partial charge in [0.1, 0.15) is 11.8 Å². The van der Waals surface area contributed by atoms with Gasteiger partial charge in [0.25, 0.3) is 0 Å². The van der Waals surface area contributed by atoms with Crippen LogP contribution in [0.25, 0.3) is 0 Å². The molecule has 0 bridgehead atoms. The van der Waals surface area contributed by atoms with Crippen molar-refractivity contribution in [3.8, 4) is 11.8 Å². The van der Waals surface area contributed by atoms with Crippen LogP contribution in [-0.4, -0.2) is 19.2 Å². The minimum Gasteiger partial charge on any atom is -0.492 e. The smallest absolute Gasteiger partial charge is 0.309 e. The molecule has 0 aliphatic heterocycles. The first kappa shape index (κ1) is 13.3. The Kier molecular flexibility index (Phi) is 5.31. The van der Waals surface area contributed by atoms with Crippen LogP contribution in [0.2, 0.25) is 5.02 Å². The van der Waals surface area contributed by atoms with Crippen LogP contribution in [0.4, 0.5) is 0 Å². The highest BCUT2D eigenvalue weighted by Gasteiger charge is 2.06. The summed E-state index contributed by atoms with van der Waals surface area (Å²) >= 11 is 5.78. The molecule has 1 aromatic rings. The first-order chi connectivity index (χ1) is 8.17. The molecule has 90 valence electrons. The molecule has 0 aliphatic rings. The van der Waals surface area contributed by atoms with E-state index < -0.39 is 0 Å². The Balaban J connectivity index is 2.54. The zero-order chi connectivity index (χ0) is 12.7. The van der Waals surface area contributed by atoms with Gasteiger partial charge in [-0.1, -0.05) is 11.6 Å². The van der Waals surface area contributed by atoms with E-state index in [1.54, 1.807) is 25.1 Å². The Hall–Kier alpha value is -1.73. The summed E-state index contributed by atoms with van der Waals surface area (Å²) in [6.45, 7) is 2.25. The molecule has 0 fully saturated rings. The summed E-state index contributed by atoms with van der Waals surface area (Å²) < 4.78 is 10.1. The molecule has 0 aliphatic carbocycles. The number of nitriles is 1. The highest BCUT2D eigenvalue weighted by molar-refractivity contribution is 6.30. The van der Waals surface area contributed by atoms with Crippen molar-refractivity contribution < 1.29 is 14.3 Å². The molecule has 4 nitrogen and oxygen atoms in total. The van der Waals surface area contributed by atoms with Gasteiger partial charge in [0.05, 0.1) is 25.2 Å². The van der Waals surface area contributed by atoms with E-state index in [0.717, 1.165) is 0 Å². The first-order valence-electron chi connectivity index (χ1n) is 5.15. The van der Waals surface area contributed by atoms with Gasteiger partial charge in [0.15, 0.2) is 0 Å². The molecule has 0 spiro atoms. The Morgan fingerprint density at radius 2 is 2.29 bits per heavy atom. The molecular weight excluding hydrogens is 242 g/mol. The summed E-state index contributed by atoms with van der Waals surface area (Å²) in [5.41, 5.74) is 0.387. The van der Waals surface area contributed by atoms with Gasteiger partial charge in [-0.3, -0.25) is 4.79 Å². The van der Waals surface area contributed by atoms with Crippen LogP contribution in [0.5, 0.6) is 5.75 Å². The van der Waals surface area contributed by atoms with E-state index in [4.69, 9.17) is 26.3 Å². The Morgan fingerprint density at radius 3 is 2.94 bits per heavy atom. The summed E-state index contributed by atoms with van der Waals surface area (Å²) in [4.78, 5) is 11.1. The zero-order valence-corrected chi connectivity index (χ0v) is 10.2. The van der Waals surface area contributed by atoms with E-state index in [2.05, 4.69) is 0 Å². The van der Waals surface area contributed by atoms with E-state index in [1.165, 1.54) is 0 Å². The fraction of sp³-hybridized carbons (Fsp3) is 0.333. The number of benzene rings is 1. The Morgan fingerprint density at radius 1 is 1.53 bits per heavy atom. The maximum absolute atomic E-state index is 11.1. The van der Waals surface area contributed by atoms with E-state index >= 15 is 0 Å². The van der Waals surface area contributed by atoms with Crippen molar-refractivity contribution in [2.24, 2.45) is 0 Å². The second-order valence-electron chi connectivity index (χ2n) is 3.16. The molecule has 0 heterocycles. The maximum atomic E-state index is 11.1. The molecule has 0 amide bonds. The molecule has 0 saturated heterocycles. The van der Waals surface area contributed by atoms with Crippen LogP contribution in [0.15, 0.2) is 18.2 Å². The molecule has 1 rings (SSSR count). The largest absolute Gasteiger partial charge is 0.492 e. The first-order valence-corrected chi connectivity index (χ1v) is 5.53. The van der Waals surface area contributed by atoms with E-state index in [-0.39, 0.29) is 19.0 Å². The minimum atomic E-state index is -0.326. The fourth-order valence-corrected chi connectivity index (χ4v) is 1.35. The van der Waals surface area contributed by atoms with Gasteiger partial charge in [-0.15, -0.1) is 0 Å². The van der Waals surface area contributed by atoms with E-state index in [9.17, 15) is 4.79 Å². The van der Waals surface area contributed by atoms with Crippen LogP contribution in [0.3, 0.4) is 0 Å². The van der Waals surface area contributed by atoms with Crippen LogP contribution in [0, 0.1) is 11.3 Å². The molecule has 0 N–H and O–H groups in total. The molecule has 0 radical (unpaired) electrons.